The third-order valence-electron chi connectivity index (χ3n) is 2.49. The zero-order valence-corrected chi connectivity index (χ0v) is 11.4. The van der Waals surface area contributed by atoms with Crippen molar-refractivity contribution in [1.82, 2.24) is 4.98 Å². The van der Waals surface area contributed by atoms with Crippen molar-refractivity contribution in [2.45, 2.75) is 23.1 Å². The van der Waals surface area contributed by atoms with Gasteiger partial charge in [0.05, 0.1) is 11.9 Å². The fourth-order valence-electron chi connectivity index (χ4n) is 1.49. The molecular formula is C11H11F3N2OS2. The SMILES string of the molecule is FC(F)(F)COc1ccc(N=C2C(S)CC2S)cn1. The standard InChI is InChI=1S/C11H11F3N2OS2/c12-11(13,14)5-17-9-2-1-6(4-15-9)16-10-7(18)3-8(10)19/h1-2,4,7-8,18-19H,3,5H2. The van der Waals surface area contributed by atoms with Crippen molar-refractivity contribution in [3.63, 3.8) is 0 Å². The minimum Gasteiger partial charge on any atom is -0.468 e. The van der Waals surface area contributed by atoms with Crippen molar-refractivity contribution < 1.29 is 17.9 Å². The summed E-state index contributed by atoms with van der Waals surface area (Å²) in [5.41, 5.74) is 1.39. The van der Waals surface area contributed by atoms with Crippen LogP contribution in [0, 0.1) is 0 Å². The Hall–Kier alpha value is -0.890. The first-order chi connectivity index (χ1) is 8.85. The molecule has 8 heteroatoms. The largest absolute Gasteiger partial charge is 0.468 e. The predicted octanol–water partition coefficient (Wildman–Crippen LogP) is 3.10. The Kier molecular flexibility index (Phi) is 4.29. The van der Waals surface area contributed by atoms with Crippen LogP contribution in [0.25, 0.3) is 0 Å². The van der Waals surface area contributed by atoms with E-state index in [1.54, 1.807) is 6.07 Å². The van der Waals surface area contributed by atoms with Crippen LogP contribution in [-0.4, -0.2) is 34.0 Å². The summed E-state index contributed by atoms with van der Waals surface area (Å²) in [4.78, 5) is 8.06. The minimum absolute atomic E-state index is 0.0836. The quantitative estimate of drug-likeness (QED) is 0.842. The lowest BCUT2D eigenvalue weighted by molar-refractivity contribution is -0.154. The van der Waals surface area contributed by atoms with E-state index in [4.69, 9.17) is 0 Å². The highest BCUT2D eigenvalue weighted by Crippen LogP contribution is 2.30. The molecule has 1 heterocycles. The van der Waals surface area contributed by atoms with Gasteiger partial charge in [-0.15, -0.1) is 0 Å². The fourth-order valence-corrected chi connectivity index (χ4v) is 2.67. The van der Waals surface area contributed by atoms with Crippen LogP contribution in [0.1, 0.15) is 6.42 Å². The van der Waals surface area contributed by atoms with Crippen LogP contribution in [-0.2, 0) is 0 Å². The first-order valence-electron chi connectivity index (χ1n) is 5.45. The summed E-state index contributed by atoms with van der Waals surface area (Å²) in [7, 11) is 0. The lowest BCUT2D eigenvalue weighted by Crippen LogP contribution is -2.39. The second kappa shape index (κ2) is 5.62. The van der Waals surface area contributed by atoms with Gasteiger partial charge in [-0.3, -0.25) is 4.99 Å². The van der Waals surface area contributed by atoms with E-state index in [0.717, 1.165) is 12.1 Å². The second-order valence-electron chi connectivity index (χ2n) is 4.06. The number of aromatic nitrogens is 1. The average molecular weight is 308 g/mol. The van der Waals surface area contributed by atoms with Gasteiger partial charge in [-0.05, 0) is 12.5 Å². The summed E-state index contributed by atoms with van der Waals surface area (Å²) < 4.78 is 40.3. The summed E-state index contributed by atoms with van der Waals surface area (Å²) >= 11 is 8.61. The van der Waals surface area contributed by atoms with Gasteiger partial charge < -0.3 is 4.74 Å². The van der Waals surface area contributed by atoms with Gasteiger partial charge in [0.25, 0.3) is 0 Å². The summed E-state index contributed by atoms with van der Waals surface area (Å²) in [6.07, 6.45) is -2.16. The number of hydrogen-bond acceptors (Lipinski definition) is 5. The predicted molar refractivity (Wildman–Crippen MR) is 73.0 cm³/mol. The molecule has 2 unspecified atom stereocenters. The van der Waals surface area contributed by atoms with Gasteiger partial charge in [0.2, 0.25) is 5.88 Å². The molecule has 0 N–H and O–H groups in total. The van der Waals surface area contributed by atoms with Gasteiger partial charge in [0, 0.05) is 22.3 Å². The van der Waals surface area contributed by atoms with Gasteiger partial charge >= 0.3 is 6.18 Å². The lowest BCUT2D eigenvalue weighted by Gasteiger charge is -2.30. The van der Waals surface area contributed by atoms with E-state index >= 15 is 0 Å². The molecule has 0 saturated heterocycles. The van der Waals surface area contributed by atoms with Gasteiger partial charge in [-0.2, -0.15) is 38.4 Å². The van der Waals surface area contributed by atoms with Crippen LogP contribution >= 0.6 is 25.3 Å². The third kappa shape index (κ3) is 4.04. The second-order valence-corrected chi connectivity index (χ2v) is 5.31. The molecule has 0 aliphatic heterocycles. The van der Waals surface area contributed by atoms with E-state index in [1.807, 2.05) is 0 Å². The van der Waals surface area contributed by atoms with Gasteiger partial charge in [0.1, 0.15) is 0 Å². The molecule has 0 amide bonds. The molecule has 19 heavy (non-hydrogen) atoms. The topological polar surface area (TPSA) is 34.5 Å². The van der Waals surface area contributed by atoms with Gasteiger partial charge in [-0.25, -0.2) is 4.98 Å². The maximum atomic E-state index is 11.9. The van der Waals surface area contributed by atoms with Crippen molar-refractivity contribution >= 4 is 36.7 Å². The number of hydrogen-bond donors (Lipinski definition) is 2. The lowest BCUT2D eigenvalue weighted by atomic mass is 9.95. The fraction of sp³-hybridized carbons (Fsp3) is 0.455. The number of nitrogens with zero attached hydrogens (tertiary/aromatic N) is 2. The summed E-state index contributed by atoms with van der Waals surface area (Å²) in [6, 6.07) is 2.90. The van der Waals surface area contributed by atoms with Crippen molar-refractivity contribution in [1.29, 1.82) is 0 Å². The van der Waals surface area contributed by atoms with Crippen molar-refractivity contribution in [2.24, 2.45) is 4.99 Å². The monoisotopic (exact) mass is 308 g/mol. The van der Waals surface area contributed by atoms with Crippen molar-refractivity contribution in [2.75, 3.05) is 6.61 Å². The van der Waals surface area contributed by atoms with E-state index in [2.05, 4.69) is 40.0 Å². The van der Waals surface area contributed by atoms with Crippen molar-refractivity contribution in [3.05, 3.63) is 18.3 Å². The van der Waals surface area contributed by atoms with Gasteiger partial charge in [-0.1, -0.05) is 0 Å². The summed E-state index contributed by atoms with van der Waals surface area (Å²) in [5.74, 6) is -0.0836. The number of aliphatic imine (C=N–C) groups is 1. The van der Waals surface area contributed by atoms with Crippen LogP contribution in [0.2, 0.25) is 0 Å². The number of thiol groups is 2. The molecule has 1 fully saturated rings. The molecule has 1 saturated carbocycles. The Morgan fingerprint density at radius 2 is 2.00 bits per heavy atom. The molecule has 0 radical (unpaired) electrons. The highest BCUT2D eigenvalue weighted by Gasteiger charge is 2.31. The summed E-state index contributed by atoms with van der Waals surface area (Å²) in [6.45, 7) is -1.36. The number of pyridine rings is 1. The summed E-state index contributed by atoms with van der Waals surface area (Å²) in [5, 5.41) is 0.173. The number of rotatable bonds is 3. The Balaban J connectivity index is 1.99. The number of alkyl halides is 3. The average Bonchev–Trinajstić information content (AvgIpc) is 2.34. The first kappa shape index (κ1) is 14.5. The van der Waals surface area contributed by atoms with E-state index in [0.29, 0.717) is 5.69 Å². The molecule has 104 valence electrons. The van der Waals surface area contributed by atoms with Gasteiger partial charge in [0.15, 0.2) is 6.61 Å². The maximum absolute atomic E-state index is 11.9. The van der Waals surface area contributed by atoms with Crippen LogP contribution in [0.5, 0.6) is 5.88 Å². The molecule has 0 aromatic carbocycles. The highest BCUT2D eigenvalue weighted by atomic mass is 32.1. The Morgan fingerprint density at radius 1 is 1.32 bits per heavy atom. The van der Waals surface area contributed by atoms with Crippen LogP contribution < -0.4 is 4.74 Å². The van der Waals surface area contributed by atoms with E-state index in [-0.39, 0.29) is 16.4 Å². The first-order valence-corrected chi connectivity index (χ1v) is 6.48. The van der Waals surface area contributed by atoms with Crippen LogP contribution in [0.15, 0.2) is 23.3 Å². The molecule has 2 atom stereocenters. The zero-order chi connectivity index (χ0) is 14.0. The Bertz CT molecular complexity index is 466. The molecule has 2 rings (SSSR count). The smallest absolute Gasteiger partial charge is 0.422 e. The number of halogens is 3. The normalized spacial score (nSPS) is 22.9. The third-order valence-corrected chi connectivity index (χ3v) is 3.44. The highest BCUT2D eigenvalue weighted by molar-refractivity contribution is 7.84. The molecule has 0 bridgehead atoms. The molecule has 1 aromatic heterocycles. The maximum Gasteiger partial charge on any atom is 0.422 e. The van der Waals surface area contributed by atoms with E-state index in [1.165, 1.54) is 12.3 Å². The zero-order valence-electron chi connectivity index (χ0n) is 9.63. The molecule has 1 aliphatic rings. The van der Waals surface area contributed by atoms with Crippen LogP contribution in [0.3, 0.4) is 0 Å². The molecule has 1 aliphatic carbocycles. The number of ether oxygens (including phenoxy) is 1. The molecule has 1 aromatic rings. The van der Waals surface area contributed by atoms with Crippen molar-refractivity contribution in [3.8, 4) is 5.88 Å². The minimum atomic E-state index is -4.37. The van der Waals surface area contributed by atoms with E-state index < -0.39 is 12.8 Å². The molecular weight excluding hydrogens is 297 g/mol. The molecule has 0 spiro atoms. The Labute approximate surface area is 119 Å². The van der Waals surface area contributed by atoms with E-state index in [9.17, 15) is 13.2 Å². The Morgan fingerprint density at radius 3 is 2.47 bits per heavy atom. The molecule has 3 nitrogen and oxygen atoms in total. The van der Waals surface area contributed by atoms with Crippen LogP contribution in [0.4, 0.5) is 18.9 Å².